The van der Waals surface area contributed by atoms with Gasteiger partial charge in [0, 0.05) is 42.7 Å². The highest BCUT2D eigenvalue weighted by Crippen LogP contribution is 2.39. The number of rotatable bonds is 11. The van der Waals surface area contributed by atoms with E-state index >= 15 is 0 Å². The largest absolute Gasteiger partial charge is 0.409 e. The molecule has 2 N–H and O–H groups in total. The third-order valence-corrected chi connectivity index (χ3v) is 7.59. The van der Waals surface area contributed by atoms with Gasteiger partial charge in [-0.2, -0.15) is 13.2 Å². The zero-order valence-corrected chi connectivity index (χ0v) is 17.8. The Hall–Kier alpha value is -1.69. The van der Waals surface area contributed by atoms with Crippen LogP contribution < -0.4 is 10.6 Å². The first-order valence-corrected chi connectivity index (χ1v) is 12.0. The van der Waals surface area contributed by atoms with Crippen LogP contribution in [-0.4, -0.2) is 64.8 Å². The Kier molecular flexibility index (Phi) is 9.53. The van der Waals surface area contributed by atoms with Gasteiger partial charge in [-0.05, 0) is 19.3 Å². The predicted molar refractivity (Wildman–Crippen MR) is 108 cm³/mol. The van der Waals surface area contributed by atoms with E-state index in [1.54, 1.807) is 0 Å². The van der Waals surface area contributed by atoms with E-state index in [0.29, 0.717) is 11.7 Å². The number of hydrogen-bond acceptors (Lipinski definition) is 6. The molecular weight excluding hydrogens is 443 g/mol. The van der Waals surface area contributed by atoms with Gasteiger partial charge in [0.25, 0.3) is 11.8 Å². The molecule has 12 heteroatoms. The summed E-state index contributed by atoms with van der Waals surface area (Å²) in [6, 6.07) is -2.53. The third kappa shape index (κ3) is 7.86. The van der Waals surface area contributed by atoms with E-state index in [1.807, 2.05) is 21.6 Å². The zero-order valence-electron chi connectivity index (χ0n) is 16.2. The van der Waals surface area contributed by atoms with Gasteiger partial charge < -0.3 is 10.6 Å². The summed E-state index contributed by atoms with van der Waals surface area (Å²) in [5.74, 6) is -2.18. The van der Waals surface area contributed by atoms with Gasteiger partial charge in [0.15, 0.2) is 0 Å². The summed E-state index contributed by atoms with van der Waals surface area (Å²) >= 11 is 0. The van der Waals surface area contributed by atoms with E-state index in [-0.39, 0.29) is 23.9 Å². The summed E-state index contributed by atoms with van der Waals surface area (Å²) < 4.78 is 39.6. The second kappa shape index (κ2) is 11.6. The molecular formula is C18H24F3N3O4S2. The van der Waals surface area contributed by atoms with Gasteiger partial charge in [0.1, 0.15) is 6.04 Å². The Balaban J connectivity index is 1.62. The summed E-state index contributed by atoms with van der Waals surface area (Å²) in [5.41, 5.74) is 0. The van der Waals surface area contributed by atoms with Crippen LogP contribution in [0, 0.1) is 0 Å². The normalized spacial score (nSPS) is 20.0. The highest BCUT2D eigenvalue weighted by molar-refractivity contribution is 8.77. The highest BCUT2D eigenvalue weighted by Gasteiger charge is 2.49. The number of unbranched alkanes of at least 4 members (excludes halogenated alkanes) is 1. The minimum absolute atomic E-state index is 0.0319. The molecule has 4 amide bonds. The van der Waals surface area contributed by atoms with Crippen LogP contribution in [0.2, 0.25) is 0 Å². The van der Waals surface area contributed by atoms with E-state index in [1.165, 1.54) is 12.2 Å². The maximum atomic E-state index is 13.2. The van der Waals surface area contributed by atoms with E-state index in [2.05, 4.69) is 10.6 Å². The van der Waals surface area contributed by atoms with Crippen molar-refractivity contribution >= 4 is 45.2 Å². The SMILES string of the molecule is O=C(CCCC[C@@H]1CCSS1)NCCNC(=O)CC(N1C(=O)C=CC1=O)C(F)(F)F. The molecule has 168 valence electrons. The van der Waals surface area contributed by atoms with Gasteiger partial charge in [-0.3, -0.25) is 24.1 Å². The van der Waals surface area contributed by atoms with Crippen LogP contribution in [0.1, 0.15) is 38.5 Å². The molecule has 0 saturated carbocycles. The summed E-state index contributed by atoms with van der Waals surface area (Å²) in [5, 5.41) is 5.54. The second-order valence-corrected chi connectivity index (χ2v) is 9.70. The molecule has 30 heavy (non-hydrogen) atoms. The van der Waals surface area contributed by atoms with Crippen molar-refractivity contribution < 1.29 is 32.3 Å². The minimum atomic E-state index is -4.93. The van der Waals surface area contributed by atoms with Gasteiger partial charge in [0.2, 0.25) is 11.8 Å². The predicted octanol–water partition coefficient (Wildman–Crippen LogP) is 2.18. The molecule has 2 heterocycles. The van der Waals surface area contributed by atoms with E-state index in [0.717, 1.165) is 31.4 Å². The molecule has 0 aromatic carbocycles. The fourth-order valence-electron chi connectivity index (χ4n) is 3.03. The summed E-state index contributed by atoms with van der Waals surface area (Å²) in [6.07, 6.45) is -0.178. The molecule has 0 radical (unpaired) electrons. The molecule has 0 aromatic rings. The molecule has 2 aliphatic rings. The van der Waals surface area contributed by atoms with Crippen molar-refractivity contribution in [2.45, 2.75) is 56.0 Å². The Morgan fingerprint density at radius 1 is 1.10 bits per heavy atom. The monoisotopic (exact) mass is 467 g/mol. The van der Waals surface area contributed by atoms with Crippen molar-refractivity contribution in [3.8, 4) is 0 Å². The van der Waals surface area contributed by atoms with Crippen molar-refractivity contribution in [3.05, 3.63) is 12.2 Å². The quantitative estimate of drug-likeness (QED) is 0.275. The maximum Gasteiger partial charge on any atom is 0.409 e. The van der Waals surface area contributed by atoms with Crippen LogP contribution in [0.4, 0.5) is 13.2 Å². The lowest BCUT2D eigenvalue weighted by atomic mass is 10.1. The first-order chi connectivity index (χ1) is 14.2. The van der Waals surface area contributed by atoms with Crippen LogP contribution >= 0.6 is 21.6 Å². The molecule has 1 saturated heterocycles. The molecule has 1 fully saturated rings. The van der Waals surface area contributed by atoms with E-state index in [9.17, 15) is 32.3 Å². The fraction of sp³-hybridized carbons (Fsp3) is 0.667. The number of carbonyl (C=O) groups is 4. The van der Waals surface area contributed by atoms with Crippen LogP contribution in [0.25, 0.3) is 0 Å². The number of amides is 4. The smallest absolute Gasteiger partial charge is 0.354 e. The van der Waals surface area contributed by atoms with E-state index < -0.39 is 36.4 Å². The molecule has 0 bridgehead atoms. The molecule has 7 nitrogen and oxygen atoms in total. The lowest BCUT2D eigenvalue weighted by Crippen LogP contribution is -2.51. The van der Waals surface area contributed by atoms with Crippen LogP contribution in [-0.2, 0) is 19.2 Å². The number of imide groups is 1. The third-order valence-electron chi connectivity index (χ3n) is 4.59. The number of hydrogen-bond donors (Lipinski definition) is 2. The molecule has 0 aliphatic carbocycles. The number of carbonyl (C=O) groups excluding carboxylic acids is 4. The fourth-order valence-corrected chi connectivity index (χ4v) is 6.06. The lowest BCUT2D eigenvalue weighted by Gasteiger charge is -2.27. The maximum absolute atomic E-state index is 13.2. The van der Waals surface area contributed by atoms with Crippen molar-refractivity contribution in [1.82, 2.24) is 15.5 Å². The molecule has 2 atom stereocenters. The molecule has 0 aromatic heterocycles. The lowest BCUT2D eigenvalue weighted by molar-refractivity contribution is -0.191. The number of halogens is 3. The van der Waals surface area contributed by atoms with E-state index in [4.69, 9.17) is 0 Å². The molecule has 2 aliphatic heterocycles. The van der Waals surface area contributed by atoms with Gasteiger partial charge >= 0.3 is 6.18 Å². The van der Waals surface area contributed by atoms with Crippen LogP contribution in [0.3, 0.4) is 0 Å². The number of nitrogens with one attached hydrogen (secondary N) is 2. The molecule has 2 rings (SSSR count). The van der Waals surface area contributed by atoms with Gasteiger partial charge in [-0.1, -0.05) is 28.0 Å². The van der Waals surface area contributed by atoms with Gasteiger partial charge in [0.05, 0.1) is 6.42 Å². The minimum Gasteiger partial charge on any atom is -0.354 e. The Morgan fingerprint density at radius 2 is 1.73 bits per heavy atom. The summed E-state index contributed by atoms with van der Waals surface area (Å²) in [4.78, 5) is 46.7. The zero-order chi connectivity index (χ0) is 22.1. The molecule has 1 unspecified atom stereocenters. The standard InChI is InChI=1S/C18H24F3N3O4S2/c19-18(20,21)13(24-16(27)5-6-17(24)28)11-15(26)23-9-8-22-14(25)4-2-1-3-12-7-10-29-30-12/h5-6,12-13H,1-4,7-11H2,(H,22,25)(H,23,26)/t12-,13?/m1/s1. The Labute approximate surface area is 180 Å². The average Bonchev–Trinajstić information content (AvgIpc) is 3.30. The van der Waals surface area contributed by atoms with Crippen molar-refractivity contribution in [2.75, 3.05) is 18.8 Å². The molecule has 0 spiro atoms. The average molecular weight is 468 g/mol. The summed E-state index contributed by atoms with van der Waals surface area (Å²) in [6.45, 7) is 0.0325. The summed E-state index contributed by atoms with van der Waals surface area (Å²) in [7, 11) is 3.77. The Bertz CT molecular complexity index is 664. The second-order valence-electron chi connectivity index (χ2n) is 6.92. The van der Waals surface area contributed by atoms with Crippen molar-refractivity contribution in [1.29, 1.82) is 0 Å². The number of nitrogens with zero attached hydrogens (tertiary/aromatic N) is 1. The van der Waals surface area contributed by atoms with Crippen molar-refractivity contribution in [2.24, 2.45) is 0 Å². The Morgan fingerprint density at radius 3 is 2.30 bits per heavy atom. The van der Waals surface area contributed by atoms with Gasteiger partial charge in [-0.25, -0.2) is 0 Å². The number of alkyl halides is 3. The topological polar surface area (TPSA) is 95.6 Å². The van der Waals surface area contributed by atoms with Gasteiger partial charge in [-0.15, -0.1) is 0 Å². The van der Waals surface area contributed by atoms with Crippen molar-refractivity contribution in [3.63, 3.8) is 0 Å². The first kappa shape index (κ1) is 24.6. The first-order valence-electron chi connectivity index (χ1n) is 9.62. The van der Waals surface area contributed by atoms with Crippen LogP contribution in [0.15, 0.2) is 12.2 Å². The van der Waals surface area contributed by atoms with Crippen LogP contribution in [0.5, 0.6) is 0 Å². The highest BCUT2D eigenvalue weighted by atomic mass is 33.1.